The molecule has 4 nitrogen and oxygen atoms in total. The van der Waals surface area contributed by atoms with Gasteiger partial charge in [0.1, 0.15) is 5.56 Å². The number of esters is 1. The minimum atomic E-state index is -0.687. The Balaban J connectivity index is 2.25. The van der Waals surface area contributed by atoms with Crippen LogP contribution in [-0.2, 0) is 11.3 Å². The van der Waals surface area contributed by atoms with Gasteiger partial charge < -0.3 is 15.8 Å². The Bertz CT molecular complexity index is 671. The second-order valence-corrected chi connectivity index (χ2v) is 4.66. The lowest BCUT2D eigenvalue weighted by Crippen LogP contribution is -2.11. The zero-order valence-corrected chi connectivity index (χ0v) is 11.9. The highest BCUT2D eigenvalue weighted by Crippen LogP contribution is 2.23. The van der Waals surface area contributed by atoms with Gasteiger partial charge in [-0.05, 0) is 30.2 Å². The van der Waals surface area contributed by atoms with Crippen molar-refractivity contribution in [2.75, 3.05) is 18.2 Å². The molecule has 0 heterocycles. The molecule has 0 radical (unpaired) electrons. The lowest BCUT2D eigenvalue weighted by Gasteiger charge is -2.13. The molecule has 0 aliphatic heterocycles. The van der Waals surface area contributed by atoms with Crippen LogP contribution in [0.4, 0.5) is 15.8 Å². The van der Waals surface area contributed by atoms with E-state index in [1.807, 2.05) is 18.2 Å². The van der Waals surface area contributed by atoms with Gasteiger partial charge in [0.05, 0.1) is 12.8 Å². The van der Waals surface area contributed by atoms with Crippen LogP contribution < -0.4 is 11.1 Å². The Morgan fingerprint density at radius 3 is 2.67 bits per heavy atom. The SMILES string of the molecule is COC(=O)c1c(C)ccc(NCc2ccccc2N)c1F. The first-order valence-electron chi connectivity index (χ1n) is 6.49. The van der Waals surface area contributed by atoms with E-state index in [-0.39, 0.29) is 11.3 Å². The first-order valence-corrected chi connectivity index (χ1v) is 6.49. The summed E-state index contributed by atoms with van der Waals surface area (Å²) < 4.78 is 19.0. The van der Waals surface area contributed by atoms with Crippen LogP contribution >= 0.6 is 0 Å². The first kappa shape index (κ1) is 14.8. The minimum absolute atomic E-state index is 0.0523. The lowest BCUT2D eigenvalue weighted by molar-refractivity contribution is 0.0595. The standard InChI is InChI=1S/C16H17FN2O2/c1-10-7-8-13(15(17)14(10)16(20)21-2)19-9-11-5-3-4-6-12(11)18/h3-8,19H,9,18H2,1-2H3. The second kappa shape index (κ2) is 6.26. The van der Waals surface area contributed by atoms with Gasteiger partial charge in [-0.1, -0.05) is 24.3 Å². The number of hydrogen-bond donors (Lipinski definition) is 2. The molecule has 0 atom stereocenters. The van der Waals surface area contributed by atoms with Crippen molar-refractivity contribution in [3.8, 4) is 0 Å². The van der Waals surface area contributed by atoms with Gasteiger partial charge in [-0.25, -0.2) is 9.18 Å². The number of nitrogens with one attached hydrogen (secondary N) is 1. The van der Waals surface area contributed by atoms with E-state index >= 15 is 0 Å². The summed E-state index contributed by atoms with van der Waals surface area (Å²) in [6, 6.07) is 10.6. The van der Waals surface area contributed by atoms with Gasteiger partial charge in [-0.3, -0.25) is 0 Å². The van der Waals surface area contributed by atoms with Crippen LogP contribution in [0.25, 0.3) is 0 Å². The van der Waals surface area contributed by atoms with Gasteiger partial charge in [0.2, 0.25) is 0 Å². The Labute approximate surface area is 122 Å². The molecule has 2 rings (SSSR count). The highest BCUT2D eigenvalue weighted by Gasteiger charge is 2.18. The van der Waals surface area contributed by atoms with Crippen molar-refractivity contribution in [2.45, 2.75) is 13.5 Å². The van der Waals surface area contributed by atoms with E-state index in [4.69, 9.17) is 5.73 Å². The summed E-state index contributed by atoms with van der Waals surface area (Å²) in [6.45, 7) is 2.03. The lowest BCUT2D eigenvalue weighted by atomic mass is 10.1. The molecule has 0 spiro atoms. The van der Waals surface area contributed by atoms with Crippen LogP contribution in [0.3, 0.4) is 0 Å². The van der Waals surface area contributed by atoms with Gasteiger partial charge in [-0.15, -0.1) is 0 Å². The van der Waals surface area contributed by atoms with Crippen molar-refractivity contribution in [2.24, 2.45) is 0 Å². The van der Waals surface area contributed by atoms with Crippen LogP contribution in [0.1, 0.15) is 21.5 Å². The number of nitrogen functional groups attached to an aromatic ring is 1. The number of halogens is 1. The molecule has 0 aliphatic rings. The summed E-state index contributed by atoms with van der Waals surface area (Å²) >= 11 is 0. The Hall–Kier alpha value is -2.56. The number of ether oxygens (including phenoxy) is 1. The van der Waals surface area contributed by atoms with Crippen LogP contribution in [0.2, 0.25) is 0 Å². The van der Waals surface area contributed by atoms with Crippen molar-refractivity contribution in [3.05, 3.63) is 58.9 Å². The van der Waals surface area contributed by atoms with E-state index in [0.717, 1.165) is 5.56 Å². The van der Waals surface area contributed by atoms with E-state index < -0.39 is 11.8 Å². The molecule has 0 unspecified atom stereocenters. The smallest absolute Gasteiger partial charge is 0.341 e. The Kier molecular flexibility index (Phi) is 4.42. The molecule has 5 heteroatoms. The van der Waals surface area contributed by atoms with E-state index in [1.165, 1.54) is 7.11 Å². The number of carbonyl (C=O) groups excluding carboxylic acids is 1. The van der Waals surface area contributed by atoms with Gasteiger partial charge in [0.15, 0.2) is 5.82 Å². The summed E-state index contributed by atoms with van der Waals surface area (Å²) in [5.41, 5.74) is 8.05. The second-order valence-electron chi connectivity index (χ2n) is 4.66. The van der Waals surface area contributed by atoms with Gasteiger partial charge in [0, 0.05) is 12.2 Å². The molecular formula is C16H17FN2O2. The number of anilines is 2. The molecule has 3 N–H and O–H groups in total. The molecule has 0 fully saturated rings. The Morgan fingerprint density at radius 2 is 2.00 bits per heavy atom. The molecule has 0 saturated heterocycles. The third-order valence-electron chi connectivity index (χ3n) is 3.26. The average Bonchev–Trinajstić information content (AvgIpc) is 2.48. The normalized spacial score (nSPS) is 10.2. The van der Waals surface area contributed by atoms with Crippen LogP contribution in [0.15, 0.2) is 36.4 Å². The fourth-order valence-electron chi connectivity index (χ4n) is 2.05. The third-order valence-corrected chi connectivity index (χ3v) is 3.26. The van der Waals surface area contributed by atoms with Crippen molar-refractivity contribution < 1.29 is 13.9 Å². The summed E-state index contributed by atoms with van der Waals surface area (Å²) in [7, 11) is 1.23. The number of para-hydroxylation sites is 1. The van der Waals surface area contributed by atoms with Crippen molar-refractivity contribution in [1.82, 2.24) is 0 Å². The molecule has 0 aliphatic carbocycles. The third kappa shape index (κ3) is 3.13. The highest BCUT2D eigenvalue weighted by atomic mass is 19.1. The molecule has 110 valence electrons. The molecule has 2 aromatic carbocycles. The number of carbonyl (C=O) groups is 1. The molecule has 0 bridgehead atoms. The predicted molar refractivity (Wildman–Crippen MR) is 80.7 cm³/mol. The van der Waals surface area contributed by atoms with Gasteiger partial charge in [-0.2, -0.15) is 0 Å². The number of hydrogen-bond acceptors (Lipinski definition) is 4. The zero-order chi connectivity index (χ0) is 15.4. The summed E-state index contributed by atoms with van der Waals surface area (Å²) in [4.78, 5) is 11.6. The van der Waals surface area contributed by atoms with Gasteiger partial charge >= 0.3 is 5.97 Å². The summed E-state index contributed by atoms with van der Waals surface area (Å²) in [5.74, 6) is -1.30. The van der Waals surface area contributed by atoms with Crippen molar-refractivity contribution in [1.29, 1.82) is 0 Å². The predicted octanol–water partition coefficient (Wildman–Crippen LogP) is 3.12. The van der Waals surface area contributed by atoms with Gasteiger partial charge in [0.25, 0.3) is 0 Å². The maximum Gasteiger partial charge on any atom is 0.341 e. The Morgan fingerprint density at radius 1 is 1.29 bits per heavy atom. The fourth-order valence-corrected chi connectivity index (χ4v) is 2.05. The molecule has 0 saturated carbocycles. The van der Waals surface area contributed by atoms with Crippen LogP contribution in [0.5, 0.6) is 0 Å². The molecular weight excluding hydrogens is 271 g/mol. The summed E-state index contributed by atoms with van der Waals surface area (Å²) in [6.07, 6.45) is 0. The molecule has 0 amide bonds. The summed E-state index contributed by atoms with van der Waals surface area (Å²) in [5, 5.41) is 2.95. The van der Waals surface area contributed by atoms with Crippen LogP contribution in [0, 0.1) is 12.7 Å². The van der Waals surface area contributed by atoms with Crippen LogP contribution in [-0.4, -0.2) is 13.1 Å². The number of methoxy groups -OCH3 is 1. The van der Waals surface area contributed by atoms with E-state index in [0.29, 0.717) is 17.8 Å². The quantitative estimate of drug-likeness (QED) is 0.670. The average molecular weight is 288 g/mol. The molecule has 0 aromatic heterocycles. The van der Waals surface area contributed by atoms with E-state index in [1.54, 1.807) is 25.1 Å². The largest absolute Gasteiger partial charge is 0.465 e. The van der Waals surface area contributed by atoms with E-state index in [9.17, 15) is 9.18 Å². The highest BCUT2D eigenvalue weighted by molar-refractivity contribution is 5.92. The number of rotatable bonds is 4. The first-order chi connectivity index (χ1) is 10.0. The van der Waals surface area contributed by atoms with Crippen molar-refractivity contribution in [3.63, 3.8) is 0 Å². The number of aryl methyl sites for hydroxylation is 1. The number of nitrogens with two attached hydrogens (primary N) is 1. The monoisotopic (exact) mass is 288 g/mol. The number of benzene rings is 2. The van der Waals surface area contributed by atoms with E-state index in [2.05, 4.69) is 10.1 Å². The van der Waals surface area contributed by atoms with Crippen molar-refractivity contribution >= 4 is 17.3 Å². The fraction of sp³-hybridized carbons (Fsp3) is 0.188. The zero-order valence-electron chi connectivity index (χ0n) is 11.9. The molecule has 21 heavy (non-hydrogen) atoms. The minimum Gasteiger partial charge on any atom is -0.465 e. The molecule has 2 aromatic rings. The maximum absolute atomic E-state index is 14.4. The topological polar surface area (TPSA) is 64.3 Å². The maximum atomic E-state index is 14.4.